The summed E-state index contributed by atoms with van der Waals surface area (Å²) in [4.78, 5) is 0. The number of hydrogen-bond acceptors (Lipinski definition) is 4. The Morgan fingerprint density at radius 2 is 2.05 bits per heavy atom. The van der Waals surface area contributed by atoms with Crippen molar-refractivity contribution in [3.05, 3.63) is 35.0 Å². The van der Waals surface area contributed by atoms with Gasteiger partial charge in [0.25, 0.3) is 0 Å². The number of hydrogen-bond donors (Lipinski definition) is 1. The average molecular weight is 277 g/mol. The summed E-state index contributed by atoms with van der Waals surface area (Å²) in [5.41, 5.74) is 1.93. The molecular formula is C15H23N3O2. The SMILES string of the molecule is CCCNCc1ccc(COc2c(C)nn(C)c2C)o1. The first kappa shape index (κ1) is 14.7. The van der Waals surface area contributed by atoms with Crippen molar-refractivity contribution in [1.29, 1.82) is 0 Å². The lowest BCUT2D eigenvalue weighted by atomic mass is 10.3. The molecule has 0 aromatic carbocycles. The van der Waals surface area contributed by atoms with E-state index in [0.29, 0.717) is 6.61 Å². The molecular weight excluding hydrogens is 254 g/mol. The Kier molecular flexibility index (Phi) is 4.84. The van der Waals surface area contributed by atoms with Crippen molar-refractivity contribution in [3.63, 3.8) is 0 Å². The van der Waals surface area contributed by atoms with E-state index in [4.69, 9.17) is 9.15 Å². The average Bonchev–Trinajstić information content (AvgIpc) is 2.95. The van der Waals surface area contributed by atoms with Crippen molar-refractivity contribution in [1.82, 2.24) is 15.1 Å². The second kappa shape index (κ2) is 6.61. The van der Waals surface area contributed by atoms with Crippen molar-refractivity contribution >= 4 is 0 Å². The van der Waals surface area contributed by atoms with Gasteiger partial charge in [0.15, 0.2) is 5.75 Å². The molecule has 0 aliphatic rings. The first-order valence-corrected chi connectivity index (χ1v) is 7.03. The molecule has 2 rings (SSSR count). The quantitative estimate of drug-likeness (QED) is 0.791. The van der Waals surface area contributed by atoms with E-state index in [0.717, 1.165) is 48.2 Å². The zero-order valence-electron chi connectivity index (χ0n) is 12.7. The summed E-state index contributed by atoms with van der Waals surface area (Å²) in [6.45, 7) is 8.29. The van der Waals surface area contributed by atoms with Gasteiger partial charge in [-0.25, -0.2) is 0 Å². The Labute approximate surface area is 119 Å². The number of aromatic nitrogens is 2. The van der Waals surface area contributed by atoms with Crippen LogP contribution in [0.15, 0.2) is 16.5 Å². The first-order valence-electron chi connectivity index (χ1n) is 7.03. The molecule has 0 amide bonds. The van der Waals surface area contributed by atoms with E-state index in [1.165, 1.54) is 0 Å². The summed E-state index contributed by atoms with van der Waals surface area (Å²) in [6, 6.07) is 3.95. The van der Waals surface area contributed by atoms with Gasteiger partial charge in [0.1, 0.15) is 23.8 Å². The van der Waals surface area contributed by atoms with Gasteiger partial charge in [-0.3, -0.25) is 4.68 Å². The predicted octanol–water partition coefficient (Wildman–Crippen LogP) is 2.71. The molecule has 5 nitrogen and oxygen atoms in total. The molecule has 2 heterocycles. The molecule has 1 N–H and O–H groups in total. The first-order chi connectivity index (χ1) is 9.61. The standard InChI is InChI=1S/C15H23N3O2/c1-5-8-16-9-13-6-7-14(20-13)10-19-15-11(2)17-18(4)12(15)3/h6-7,16H,5,8-10H2,1-4H3. The van der Waals surface area contributed by atoms with Gasteiger partial charge in [-0.1, -0.05) is 6.92 Å². The van der Waals surface area contributed by atoms with Crippen molar-refractivity contribution in [3.8, 4) is 5.75 Å². The van der Waals surface area contributed by atoms with Gasteiger partial charge in [-0.2, -0.15) is 5.10 Å². The molecule has 0 fully saturated rings. The molecule has 0 atom stereocenters. The maximum Gasteiger partial charge on any atom is 0.163 e. The van der Waals surface area contributed by atoms with E-state index in [9.17, 15) is 0 Å². The lowest BCUT2D eigenvalue weighted by molar-refractivity contribution is 0.262. The predicted molar refractivity (Wildman–Crippen MR) is 77.7 cm³/mol. The molecule has 110 valence electrons. The summed E-state index contributed by atoms with van der Waals surface area (Å²) in [6.07, 6.45) is 1.12. The van der Waals surface area contributed by atoms with Gasteiger partial charge < -0.3 is 14.5 Å². The molecule has 5 heteroatoms. The van der Waals surface area contributed by atoms with Crippen LogP contribution in [0.25, 0.3) is 0 Å². The summed E-state index contributed by atoms with van der Waals surface area (Å²) in [7, 11) is 1.92. The minimum atomic E-state index is 0.432. The smallest absolute Gasteiger partial charge is 0.163 e. The zero-order chi connectivity index (χ0) is 14.5. The monoisotopic (exact) mass is 277 g/mol. The molecule has 0 unspecified atom stereocenters. The Bertz CT molecular complexity index is 557. The number of nitrogens with one attached hydrogen (secondary N) is 1. The Morgan fingerprint density at radius 1 is 1.30 bits per heavy atom. The van der Waals surface area contributed by atoms with Crippen molar-refractivity contribution in [2.45, 2.75) is 40.3 Å². The second-order valence-corrected chi connectivity index (χ2v) is 4.96. The number of aryl methyl sites for hydroxylation is 2. The van der Waals surface area contributed by atoms with Crippen LogP contribution in [0.4, 0.5) is 0 Å². The summed E-state index contributed by atoms with van der Waals surface area (Å²) in [5.74, 6) is 2.62. The zero-order valence-corrected chi connectivity index (χ0v) is 12.7. The van der Waals surface area contributed by atoms with E-state index < -0.39 is 0 Å². The van der Waals surface area contributed by atoms with E-state index in [2.05, 4.69) is 17.3 Å². The van der Waals surface area contributed by atoms with Crippen molar-refractivity contribution < 1.29 is 9.15 Å². The highest BCUT2D eigenvalue weighted by Gasteiger charge is 2.11. The third-order valence-corrected chi connectivity index (χ3v) is 3.24. The maximum atomic E-state index is 5.82. The molecule has 0 aliphatic carbocycles. The van der Waals surface area contributed by atoms with Crippen LogP contribution in [0.2, 0.25) is 0 Å². The highest BCUT2D eigenvalue weighted by molar-refractivity contribution is 5.31. The Balaban J connectivity index is 1.91. The topological polar surface area (TPSA) is 52.2 Å². The van der Waals surface area contributed by atoms with Gasteiger partial charge in [0, 0.05) is 7.05 Å². The highest BCUT2D eigenvalue weighted by Crippen LogP contribution is 2.22. The van der Waals surface area contributed by atoms with Crippen LogP contribution in [0.1, 0.15) is 36.3 Å². The molecule has 0 bridgehead atoms. The van der Waals surface area contributed by atoms with E-state index in [1.807, 2.05) is 37.7 Å². The van der Waals surface area contributed by atoms with Crippen LogP contribution < -0.4 is 10.1 Å². The number of rotatable bonds is 7. The van der Waals surface area contributed by atoms with Gasteiger partial charge in [-0.15, -0.1) is 0 Å². The van der Waals surface area contributed by atoms with Crippen molar-refractivity contribution in [2.75, 3.05) is 6.54 Å². The van der Waals surface area contributed by atoms with E-state index in [-0.39, 0.29) is 0 Å². The van der Waals surface area contributed by atoms with Crippen LogP contribution in [0.3, 0.4) is 0 Å². The molecule has 2 aromatic rings. The third kappa shape index (κ3) is 3.42. The summed E-state index contributed by atoms with van der Waals surface area (Å²) < 4.78 is 13.4. The molecule has 0 radical (unpaired) electrons. The summed E-state index contributed by atoms with van der Waals surface area (Å²) >= 11 is 0. The van der Waals surface area contributed by atoms with Crippen LogP contribution in [0, 0.1) is 13.8 Å². The van der Waals surface area contributed by atoms with Crippen LogP contribution in [-0.4, -0.2) is 16.3 Å². The Hall–Kier alpha value is -1.75. The number of ether oxygens (including phenoxy) is 1. The Morgan fingerprint density at radius 3 is 2.70 bits per heavy atom. The van der Waals surface area contributed by atoms with E-state index >= 15 is 0 Å². The minimum Gasteiger partial charge on any atom is -0.482 e. The molecule has 0 spiro atoms. The molecule has 2 aromatic heterocycles. The number of nitrogens with zero attached hydrogens (tertiary/aromatic N) is 2. The van der Waals surface area contributed by atoms with Gasteiger partial charge in [-0.05, 0) is 38.9 Å². The lowest BCUT2D eigenvalue weighted by Gasteiger charge is -2.04. The fourth-order valence-electron chi connectivity index (χ4n) is 2.09. The molecule has 20 heavy (non-hydrogen) atoms. The van der Waals surface area contributed by atoms with Gasteiger partial charge in [0.05, 0.1) is 12.2 Å². The normalized spacial score (nSPS) is 11.0. The van der Waals surface area contributed by atoms with Gasteiger partial charge >= 0.3 is 0 Å². The van der Waals surface area contributed by atoms with E-state index in [1.54, 1.807) is 0 Å². The minimum absolute atomic E-state index is 0.432. The second-order valence-electron chi connectivity index (χ2n) is 4.96. The summed E-state index contributed by atoms with van der Waals surface area (Å²) in [5, 5.41) is 7.64. The largest absolute Gasteiger partial charge is 0.482 e. The fraction of sp³-hybridized carbons (Fsp3) is 0.533. The molecule has 0 saturated heterocycles. The molecule has 0 aliphatic heterocycles. The molecule has 0 saturated carbocycles. The van der Waals surface area contributed by atoms with Crippen LogP contribution in [0.5, 0.6) is 5.75 Å². The van der Waals surface area contributed by atoms with Crippen LogP contribution >= 0.6 is 0 Å². The third-order valence-electron chi connectivity index (χ3n) is 3.24. The highest BCUT2D eigenvalue weighted by atomic mass is 16.5. The number of furan rings is 1. The van der Waals surface area contributed by atoms with Crippen molar-refractivity contribution in [2.24, 2.45) is 7.05 Å². The van der Waals surface area contributed by atoms with Gasteiger partial charge in [0.2, 0.25) is 0 Å². The maximum absolute atomic E-state index is 5.82. The van der Waals surface area contributed by atoms with Crippen LogP contribution in [-0.2, 0) is 20.2 Å². The fourth-order valence-corrected chi connectivity index (χ4v) is 2.09. The lowest BCUT2D eigenvalue weighted by Crippen LogP contribution is -2.13.